The molecule has 1 aromatic heterocycles. The Morgan fingerprint density at radius 2 is 2.40 bits per heavy atom. The van der Waals surface area contributed by atoms with Crippen LogP contribution in [0.2, 0.25) is 0 Å². The summed E-state index contributed by atoms with van der Waals surface area (Å²) in [6, 6.07) is 0.928. The van der Waals surface area contributed by atoms with Gasteiger partial charge in [0.15, 0.2) is 0 Å². The summed E-state index contributed by atoms with van der Waals surface area (Å²) in [5.74, 6) is -0.717. The average molecular weight is 209 g/mol. The van der Waals surface area contributed by atoms with E-state index in [1.807, 2.05) is 0 Å². The van der Waals surface area contributed by atoms with Crippen LogP contribution in [-0.4, -0.2) is 33.3 Å². The standard InChI is InChI=1S/C9H11N3O3/c13-9(14)7-11-8(15-12-7)5-3-4-1-2-6(5)10-4/h4-6,10H,1-3H2,(H,13,14). The monoisotopic (exact) mass is 209 g/mol. The third-order valence-electron chi connectivity index (χ3n) is 3.25. The van der Waals surface area contributed by atoms with Crippen LogP contribution in [0.5, 0.6) is 0 Å². The summed E-state index contributed by atoms with van der Waals surface area (Å²) in [5.41, 5.74) is 0. The van der Waals surface area contributed by atoms with E-state index in [9.17, 15) is 4.79 Å². The molecule has 0 radical (unpaired) electrons. The van der Waals surface area contributed by atoms with E-state index in [4.69, 9.17) is 9.63 Å². The summed E-state index contributed by atoms with van der Waals surface area (Å²) in [6.45, 7) is 0. The van der Waals surface area contributed by atoms with Crippen molar-refractivity contribution < 1.29 is 14.4 Å². The molecule has 2 N–H and O–H groups in total. The molecule has 0 saturated carbocycles. The van der Waals surface area contributed by atoms with Gasteiger partial charge in [-0.1, -0.05) is 0 Å². The van der Waals surface area contributed by atoms with E-state index in [1.54, 1.807) is 0 Å². The number of carbonyl (C=O) groups is 1. The lowest BCUT2D eigenvalue weighted by Gasteiger charge is -2.15. The van der Waals surface area contributed by atoms with Crippen molar-refractivity contribution in [1.29, 1.82) is 0 Å². The molecule has 3 atom stereocenters. The molecular weight excluding hydrogens is 198 g/mol. The zero-order valence-electron chi connectivity index (χ0n) is 8.01. The van der Waals surface area contributed by atoms with E-state index in [0.717, 1.165) is 12.8 Å². The summed E-state index contributed by atoms with van der Waals surface area (Å²) < 4.78 is 4.98. The molecule has 3 unspecified atom stereocenters. The van der Waals surface area contributed by atoms with Crippen LogP contribution in [0.15, 0.2) is 4.52 Å². The zero-order chi connectivity index (χ0) is 10.4. The van der Waals surface area contributed by atoms with E-state index in [2.05, 4.69) is 15.5 Å². The SMILES string of the molecule is O=C(O)c1noc(C2CC3CCC2N3)n1. The molecule has 80 valence electrons. The third kappa shape index (κ3) is 1.32. The Bertz CT molecular complexity index is 403. The van der Waals surface area contributed by atoms with Crippen molar-refractivity contribution in [1.82, 2.24) is 15.5 Å². The topological polar surface area (TPSA) is 88.2 Å². The summed E-state index contributed by atoms with van der Waals surface area (Å²) >= 11 is 0. The second-order valence-corrected chi connectivity index (χ2v) is 4.15. The van der Waals surface area contributed by atoms with Crippen LogP contribution < -0.4 is 5.32 Å². The second-order valence-electron chi connectivity index (χ2n) is 4.15. The Balaban J connectivity index is 1.84. The van der Waals surface area contributed by atoms with Crippen molar-refractivity contribution in [2.75, 3.05) is 0 Å². The number of carboxylic acids is 1. The van der Waals surface area contributed by atoms with Gasteiger partial charge in [0.2, 0.25) is 5.89 Å². The number of aromatic nitrogens is 2. The van der Waals surface area contributed by atoms with Crippen LogP contribution in [0.4, 0.5) is 0 Å². The predicted octanol–water partition coefficient (Wildman–Crippen LogP) is 0.376. The van der Waals surface area contributed by atoms with E-state index in [0.29, 0.717) is 18.0 Å². The highest BCUT2D eigenvalue weighted by Crippen LogP contribution is 2.39. The summed E-state index contributed by atoms with van der Waals surface area (Å²) in [7, 11) is 0. The molecule has 2 saturated heterocycles. The van der Waals surface area contributed by atoms with Crippen LogP contribution in [0.1, 0.15) is 41.7 Å². The van der Waals surface area contributed by atoms with Crippen LogP contribution >= 0.6 is 0 Å². The molecule has 15 heavy (non-hydrogen) atoms. The smallest absolute Gasteiger partial charge is 0.377 e. The Morgan fingerprint density at radius 3 is 2.93 bits per heavy atom. The molecule has 0 aromatic carbocycles. The number of fused-ring (bicyclic) bond motifs is 2. The van der Waals surface area contributed by atoms with Crippen molar-refractivity contribution >= 4 is 5.97 Å². The van der Waals surface area contributed by atoms with E-state index in [1.165, 1.54) is 6.42 Å². The number of carboxylic acid groups (broad SMARTS) is 1. The number of nitrogens with one attached hydrogen (secondary N) is 1. The highest BCUT2D eigenvalue weighted by atomic mass is 16.5. The van der Waals surface area contributed by atoms with Crippen molar-refractivity contribution in [3.05, 3.63) is 11.7 Å². The number of hydrogen-bond acceptors (Lipinski definition) is 5. The summed E-state index contributed by atoms with van der Waals surface area (Å²) in [6.07, 6.45) is 3.28. The number of aromatic carboxylic acids is 1. The van der Waals surface area contributed by atoms with Gasteiger partial charge in [-0.25, -0.2) is 4.79 Å². The van der Waals surface area contributed by atoms with Crippen molar-refractivity contribution in [3.63, 3.8) is 0 Å². The van der Waals surface area contributed by atoms with Gasteiger partial charge >= 0.3 is 5.97 Å². The highest BCUT2D eigenvalue weighted by molar-refractivity contribution is 5.82. The van der Waals surface area contributed by atoms with Crippen LogP contribution in [-0.2, 0) is 0 Å². The van der Waals surface area contributed by atoms with Gasteiger partial charge in [-0.2, -0.15) is 4.98 Å². The van der Waals surface area contributed by atoms with Crippen LogP contribution in [0.25, 0.3) is 0 Å². The maximum absolute atomic E-state index is 10.6. The molecule has 2 aliphatic heterocycles. The minimum absolute atomic E-state index is 0.198. The predicted molar refractivity (Wildman–Crippen MR) is 48.6 cm³/mol. The molecule has 3 heterocycles. The maximum atomic E-state index is 10.6. The lowest BCUT2D eigenvalue weighted by atomic mass is 9.89. The Kier molecular flexibility index (Phi) is 1.79. The molecule has 1 aromatic rings. The molecule has 0 amide bonds. The lowest BCUT2D eigenvalue weighted by Crippen LogP contribution is -2.21. The summed E-state index contributed by atoms with van der Waals surface area (Å²) in [5, 5.41) is 15.5. The van der Waals surface area contributed by atoms with Crippen LogP contribution in [0.3, 0.4) is 0 Å². The van der Waals surface area contributed by atoms with Gasteiger partial charge in [0, 0.05) is 12.1 Å². The second kappa shape index (κ2) is 3.03. The average Bonchev–Trinajstić information content (AvgIpc) is 2.93. The van der Waals surface area contributed by atoms with Gasteiger partial charge in [-0.05, 0) is 24.4 Å². The van der Waals surface area contributed by atoms with E-state index >= 15 is 0 Å². The molecular formula is C9H11N3O3. The van der Waals surface area contributed by atoms with Crippen molar-refractivity contribution in [2.45, 2.75) is 37.3 Å². The summed E-state index contributed by atoms with van der Waals surface area (Å²) in [4.78, 5) is 14.5. The first-order valence-electron chi connectivity index (χ1n) is 5.07. The fourth-order valence-corrected chi connectivity index (χ4v) is 2.57. The fraction of sp³-hybridized carbons (Fsp3) is 0.667. The first kappa shape index (κ1) is 8.84. The normalized spacial score (nSPS) is 33.5. The van der Waals surface area contributed by atoms with Gasteiger partial charge in [0.25, 0.3) is 5.82 Å². The minimum atomic E-state index is -1.14. The molecule has 2 fully saturated rings. The molecule has 3 rings (SSSR count). The van der Waals surface area contributed by atoms with E-state index in [-0.39, 0.29) is 11.7 Å². The molecule has 0 spiro atoms. The lowest BCUT2D eigenvalue weighted by molar-refractivity contribution is 0.0680. The largest absolute Gasteiger partial charge is 0.475 e. The molecule has 2 aliphatic rings. The fourth-order valence-electron chi connectivity index (χ4n) is 2.57. The zero-order valence-corrected chi connectivity index (χ0v) is 8.01. The Hall–Kier alpha value is -1.43. The number of hydrogen-bond donors (Lipinski definition) is 2. The quantitative estimate of drug-likeness (QED) is 0.731. The molecule has 2 bridgehead atoms. The first-order valence-corrected chi connectivity index (χ1v) is 5.07. The molecule has 6 nitrogen and oxygen atoms in total. The highest BCUT2D eigenvalue weighted by Gasteiger charge is 2.42. The van der Waals surface area contributed by atoms with Gasteiger partial charge < -0.3 is 14.9 Å². The third-order valence-corrected chi connectivity index (χ3v) is 3.25. The van der Waals surface area contributed by atoms with Gasteiger partial charge in [0.1, 0.15) is 0 Å². The Labute approximate surface area is 85.7 Å². The number of nitrogens with zero attached hydrogens (tertiary/aromatic N) is 2. The van der Waals surface area contributed by atoms with Gasteiger partial charge in [-0.3, -0.25) is 0 Å². The number of rotatable bonds is 2. The van der Waals surface area contributed by atoms with Crippen molar-refractivity contribution in [3.8, 4) is 0 Å². The first-order chi connectivity index (χ1) is 7.24. The van der Waals surface area contributed by atoms with E-state index < -0.39 is 5.97 Å². The Morgan fingerprint density at radius 1 is 1.53 bits per heavy atom. The van der Waals surface area contributed by atoms with Crippen LogP contribution in [0, 0.1) is 0 Å². The van der Waals surface area contributed by atoms with Gasteiger partial charge in [0.05, 0.1) is 5.92 Å². The molecule has 6 heteroatoms. The maximum Gasteiger partial charge on any atom is 0.377 e. The molecule has 0 aliphatic carbocycles. The van der Waals surface area contributed by atoms with Crippen molar-refractivity contribution in [2.24, 2.45) is 0 Å². The minimum Gasteiger partial charge on any atom is -0.475 e. The van der Waals surface area contributed by atoms with Gasteiger partial charge in [-0.15, -0.1) is 0 Å².